The van der Waals surface area contributed by atoms with Crippen molar-refractivity contribution in [2.75, 3.05) is 21.3 Å². The maximum atomic E-state index is 12.3. The van der Waals surface area contributed by atoms with E-state index >= 15 is 0 Å². The van der Waals surface area contributed by atoms with Crippen LogP contribution in [0.15, 0.2) is 36.5 Å². The fourth-order valence-corrected chi connectivity index (χ4v) is 2.88. The number of hydrogen-bond donors (Lipinski definition) is 0. The van der Waals surface area contributed by atoms with Crippen LogP contribution in [0.3, 0.4) is 0 Å². The number of unbranched alkanes of at least 4 members (excludes halogenated alkanes) is 3. The number of carbonyl (C=O) groups excluding carboxylic acids is 2. The van der Waals surface area contributed by atoms with E-state index in [1.165, 1.54) is 7.11 Å². The highest BCUT2D eigenvalue weighted by Crippen LogP contribution is 2.31. The van der Waals surface area contributed by atoms with Crippen LogP contribution in [0.4, 0.5) is 0 Å². The lowest BCUT2D eigenvalue weighted by molar-refractivity contribution is -0.140. The summed E-state index contributed by atoms with van der Waals surface area (Å²) in [6, 6.07) is 9.23. The molecular formula is C22H27NO5. The zero-order valence-electron chi connectivity index (χ0n) is 16.7. The van der Waals surface area contributed by atoms with Gasteiger partial charge in [0.05, 0.1) is 27.0 Å². The Morgan fingerprint density at radius 1 is 0.857 bits per heavy atom. The number of carbonyl (C=O) groups is 2. The zero-order valence-corrected chi connectivity index (χ0v) is 16.7. The monoisotopic (exact) mass is 385 g/mol. The number of pyridine rings is 1. The SMILES string of the molecule is COC(=O)CCCCCCC(=O)c1ccc(-c2ccc(OC)c(OC)c2)nc1. The summed E-state index contributed by atoms with van der Waals surface area (Å²) < 4.78 is 15.2. The largest absolute Gasteiger partial charge is 0.493 e. The van der Waals surface area contributed by atoms with Gasteiger partial charge in [0.2, 0.25) is 0 Å². The predicted octanol–water partition coefficient (Wildman–Crippen LogP) is 4.46. The van der Waals surface area contributed by atoms with Gasteiger partial charge in [-0.05, 0) is 43.2 Å². The number of benzene rings is 1. The minimum atomic E-state index is -0.184. The molecule has 0 saturated heterocycles. The van der Waals surface area contributed by atoms with E-state index in [0.29, 0.717) is 29.9 Å². The molecule has 28 heavy (non-hydrogen) atoms. The van der Waals surface area contributed by atoms with Crippen LogP contribution in [-0.4, -0.2) is 38.1 Å². The summed E-state index contributed by atoms with van der Waals surface area (Å²) >= 11 is 0. The van der Waals surface area contributed by atoms with E-state index in [4.69, 9.17) is 9.47 Å². The molecule has 0 radical (unpaired) electrons. The van der Waals surface area contributed by atoms with Crippen LogP contribution < -0.4 is 9.47 Å². The molecule has 0 amide bonds. The van der Waals surface area contributed by atoms with E-state index in [9.17, 15) is 9.59 Å². The first-order valence-electron chi connectivity index (χ1n) is 9.37. The summed E-state index contributed by atoms with van der Waals surface area (Å²) in [6.45, 7) is 0. The molecule has 0 saturated carbocycles. The highest BCUT2D eigenvalue weighted by molar-refractivity contribution is 5.96. The predicted molar refractivity (Wildman–Crippen MR) is 107 cm³/mol. The number of ether oxygens (including phenoxy) is 3. The molecule has 0 spiro atoms. The van der Waals surface area contributed by atoms with Gasteiger partial charge in [-0.2, -0.15) is 0 Å². The minimum absolute atomic E-state index is 0.0827. The number of nitrogens with zero attached hydrogens (tertiary/aromatic N) is 1. The molecule has 6 nitrogen and oxygen atoms in total. The molecule has 1 aromatic carbocycles. The molecule has 6 heteroatoms. The van der Waals surface area contributed by atoms with Gasteiger partial charge in [0.25, 0.3) is 0 Å². The lowest BCUT2D eigenvalue weighted by Crippen LogP contribution is -2.01. The number of aromatic nitrogens is 1. The molecule has 2 rings (SSSR count). The molecule has 0 N–H and O–H groups in total. The summed E-state index contributed by atoms with van der Waals surface area (Å²) in [5, 5.41) is 0. The van der Waals surface area contributed by atoms with Crippen molar-refractivity contribution < 1.29 is 23.8 Å². The summed E-state index contributed by atoms with van der Waals surface area (Å²) in [5.74, 6) is 1.19. The summed E-state index contributed by atoms with van der Waals surface area (Å²) in [7, 11) is 4.58. The van der Waals surface area contributed by atoms with Gasteiger partial charge in [0.1, 0.15) is 0 Å². The smallest absolute Gasteiger partial charge is 0.305 e. The second-order valence-electron chi connectivity index (χ2n) is 6.42. The Morgan fingerprint density at radius 2 is 1.57 bits per heavy atom. The van der Waals surface area contributed by atoms with Crippen LogP contribution in [0.2, 0.25) is 0 Å². The standard InChI is InChI=1S/C22H27NO5/c1-26-20-13-11-16(14-21(20)27-2)18-12-10-17(15-23-18)19(24)8-6-4-5-7-9-22(25)28-3/h10-15H,4-9H2,1-3H3. The third-order valence-corrected chi connectivity index (χ3v) is 4.53. The van der Waals surface area contributed by atoms with E-state index in [0.717, 1.165) is 36.9 Å². The number of methoxy groups -OCH3 is 3. The normalized spacial score (nSPS) is 10.4. The second kappa shape index (κ2) is 11.1. The molecule has 0 aliphatic rings. The van der Waals surface area contributed by atoms with Crippen molar-refractivity contribution in [1.82, 2.24) is 4.98 Å². The lowest BCUT2D eigenvalue weighted by Gasteiger charge is -2.09. The van der Waals surface area contributed by atoms with Crippen LogP contribution in [0.5, 0.6) is 11.5 Å². The molecule has 0 unspecified atom stereocenters. The molecule has 0 fully saturated rings. The van der Waals surface area contributed by atoms with Crippen LogP contribution in [0.1, 0.15) is 48.9 Å². The highest BCUT2D eigenvalue weighted by Gasteiger charge is 2.10. The Kier molecular flexibility index (Phi) is 8.46. The van der Waals surface area contributed by atoms with Crippen molar-refractivity contribution in [3.63, 3.8) is 0 Å². The lowest BCUT2D eigenvalue weighted by atomic mass is 10.0. The van der Waals surface area contributed by atoms with Crippen LogP contribution >= 0.6 is 0 Å². The number of Topliss-reactive ketones (excluding diaryl/α,β-unsaturated/α-hetero) is 1. The van der Waals surface area contributed by atoms with Crippen molar-refractivity contribution >= 4 is 11.8 Å². The molecule has 1 aromatic heterocycles. The van der Waals surface area contributed by atoms with Crippen LogP contribution in [0.25, 0.3) is 11.3 Å². The van der Waals surface area contributed by atoms with Crippen molar-refractivity contribution in [3.05, 3.63) is 42.1 Å². The van der Waals surface area contributed by atoms with Gasteiger partial charge in [-0.15, -0.1) is 0 Å². The van der Waals surface area contributed by atoms with E-state index in [-0.39, 0.29) is 11.8 Å². The van der Waals surface area contributed by atoms with Crippen molar-refractivity contribution in [1.29, 1.82) is 0 Å². The molecule has 0 aliphatic carbocycles. The Bertz CT molecular complexity index is 786. The molecule has 1 heterocycles. The third kappa shape index (κ3) is 6.08. The summed E-state index contributed by atoms with van der Waals surface area (Å²) in [4.78, 5) is 27.8. The highest BCUT2D eigenvalue weighted by atomic mass is 16.5. The molecule has 0 bridgehead atoms. The molecule has 150 valence electrons. The first-order chi connectivity index (χ1) is 13.6. The molecule has 0 atom stereocenters. The van der Waals surface area contributed by atoms with E-state index in [1.54, 1.807) is 26.5 Å². The van der Waals surface area contributed by atoms with Gasteiger partial charge in [-0.25, -0.2) is 0 Å². The maximum absolute atomic E-state index is 12.3. The van der Waals surface area contributed by atoms with Gasteiger partial charge in [0, 0.05) is 30.2 Å². The van der Waals surface area contributed by atoms with E-state index < -0.39 is 0 Å². The maximum Gasteiger partial charge on any atom is 0.305 e. The van der Waals surface area contributed by atoms with Gasteiger partial charge in [-0.1, -0.05) is 12.8 Å². The van der Waals surface area contributed by atoms with Crippen molar-refractivity contribution in [3.8, 4) is 22.8 Å². The van der Waals surface area contributed by atoms with Gasteiger partial charge >= 0.3 is 5.97 Å². The number of ketones is 1. The average Bonchev–Trinajstić information content (AvgIpc) is 2.75. The van der Waals surface area contributed by atoms with E-state index in [2.05, 4.69) is 9.72 Å². The fourth-order valence-electron chi connectivity index (χ4n) is 2.88. The second-order valence-corrected chi connectivity index (χ2v) is 6.42. The average molecular weight is 385 g/mol. The third-order valence-electron chi connectivity index (χ3n) is 4.53. The van der Waals surface area contributed by atoms with Gasteiger partial charge < -0.3 is 14.2 Å². The van der Waals surface area contributed by atoms with Crippen LogP contribution in [0, 0.1) is 0 Å². The molecule has 2 aromatic rings. The van der Waals surface area contributed by atoms with Crippen molar-refractivity contribution in [2.24, 2.45) is 0 Å². The quantitative estimate of drug-likeness (QED) is 0.323. The first-order valence-corrected chi connectivity index (χ1v) is 9.37. The summed E-state index contributed by atoms with van der Waals surface area (Å²) in [6.07, 6.45) is 5.96. The Balaban J connectivity index is 1.86. The van der Waals surface area contributed by atoms with E-state index in [1.807, 2.05) is 24.3 Å². The topological polar surface area (TPSA) is 74.7 Å². The zero-order chi connectivity index (χ0) is 20.4. The summed E-state index contributed by atoms with van der Waals surface area (Å²) in [5.41, 5.74) is 2.27. The Hall–Kier alpha value is -2.89. The van der Waals surface area contributed by atoms with Crippen LogP contribution in [-0.2, 0) is 9.53 Å². The Morgan fingerprint density at radius 3 is 2.18 bits per heavy atom. The minimum Gasteiger partial charge on any atom is -0.493 e. The van der Waals surface area contributed by atoms with Gasteiger partial charge in [-0.3, -0.25) is 14.6 Å². The van der Waals surface area contributed by atoms with Gasteiger partial charge in [0.15, 0.2) is 17.3 Å². The number of esters is 1. The number of hydrogen-bond acceptors (Lipinski definition) is 6. The Labute approximate surface area is 165 Å². The molecule has 0 aliphatic heterocycles. The molecular weight excluding hydrogens is 358 g/mol. The van der Waals surface area contributed by atoms with Crippen molar-refractivity contribution in [2.45, 2.75) is 38.5 Å². The first kappa shape index (κ1) is 21.4. The number of rotatable bonds is 11. The fraction of sp³-hybridized carbons (Fsp3) is 0.409.